The van der Waals surface area contributed by atoms with Crippen LogP contribution < -0.4 is 60.0 Å². The van der Waals surface area contributed by atoms with Crippen LogP contribution in [0.3, 0.4) is 0 Å². The van der Waals surface area contributed by atoms with Crippen molar-refractivity contribution in [1.82, 2.24) is 54.7 Å². The molecule has 0 aliphatic carbocycles. The third-order valence-corrected chi connectivity index (χ3v) is 22.4. The minimum absolute atomic E-state index is 0.0529. The van der Waals surface area contributed by atoms with E-state index in [2.05, 4.69) is 120 Å². The Hall–Kier alpha value is -10.7. The Morgan fingerprint density at radius 3 is 1.35 bits per heavy atom. The standard InChI is InChI=1S/C26H27F3N8O2S.C24H30N8OS.C24H29N7O2S/c1-5-20(38)36-10-8-35(9-11-36)17-6-7-18(15(2)12-17)32-25-30-13-19-22(33-25)34(4)24-21(31-16(3)40-24)23(39)37(19)14-26(27,28)29;1-15(2)32-19-14-25-24(28-21(19)30(5)23-20(22(32)33)26-16(3)34-23)27-17-6-8-18(9-7-17)31-12-10-29(4)11-13-31;1-14(2)31-19-13-25-24(28-21(19)29(4)23-20(22(31)33)26-15(3)34-23)27-16-5-7-17(8-6-16)30-11-9-18(32)10-12-30/h5-7,12-13H,1,8-11,14H2,2-4H3,(H,30,32,33);6-9,14-15H,10-13H2,1-5H3,(H,25,27,28);5-8,13-14,18,32H,9-12H2,1-4H3,(H,25,27,28). The lowest BCUT2D eigenvalue weighted by Crippen LogP contribution is -2.48. The molecule has 6 aliphatic rings. The predicted octanol–water partition coefficient (Wildman–Crippen LogP) is 12.4. The first kappa shape index (κ1) is 75.6. The van der Waals surface area contributed by atoms with E-state index < -0.39 is 18.6 Å². The lowest BCUT2D eigenvalue weighted by molar-refractivity contribution is -0.126. The van der Waals surface area contributed by atoms with Gasteiger partial charge >= 0.3 is 6.18 Å². The first-order valence-corrected chi connectivity index (χ1v) is 38.0. The number of hydrogen-bond acceptors (Lipinski definition) is 27. The van der Waals surface area contributed by atoms with Crippen LogP contribution in [-0.4, -0.2) is 208 Å². The number of alkyl halides is 3. The summed E-state index contributed by atoms with van der Waals surface area (Å²) in [5, 5.41) is 23.8. The van der Waals surface area contributed by atoms with Gasteiger partial charge in [-0.15, -0.1) is 34.0 Å². The Labute approximate surface area is 636 Å². The van der Waals surface area contributed by atoms with Gasteiger partial charge in [0, 0.05) is 133 Å². The average molecular weight is 1530 g/mol. The Morgan fingerprint density at radius 1 is 0.537 bits per heavy atom. The van der Waals surface area contributed by atoms with Gasteiger partial charge in [-0.1, -0.05) is 6.58 Å². The molecule has 566 valence electrons. The quantitative estimate of drug-likeness (QED) is 0.0781. The first-order chi connectivity index (χ1) is 51.6. The number of nitrogens with zero attached hydrogens (tertiary/aromatic N) is 20. The lowest BCUT2D eigenvalue weighted by Gasteiger charge is -2.36. The van der Waals surface area contributed by atoms with Gasteiger partial charge in [-0.25, -0.2) is 29.9 Å². The number of likely N-dealkylation sites (N-methyl/N-ethyl adjacent to an activating group) is 1. The number of rotatable bonds is 13. The molecular weight excluding hydrogens is 1440 g/mol. The number of benzene rings is 3. The number of carbonyl (C=O) groups is 4. The molecule has 4 N–H and O–H groups in total. The highest BCUT2D eigenvalue weighted by molar-refractivity contribution is 7.17. The second-order valence-electron chi connectivity index (χ2n) is 27.6. The van der Waals surface area contributed by atoms with Gasteiger partial charge in [0.25, 0.3) is 17.7 Å². The summed E-state index contributed by atoms with van der Waals surface area (Å²) in [6.45, 7) is 26.0. The van der Waals surface area contributed by atoms with E-state index in [4.69, 9.17) is 9.97 Å². The third kappa shape index (κ3) is 16.0. The summed E-state index contributed by atoms with van der Waals surface area (Å²) in [5.74, 6) is 1.41. The number of halogens is 3. The van der Waals surface area contributed by atoms with Crippen LogP contribution in [0.4, 0.5) is 115 Å². The molecule has 4 amide bonds. The maximum atomic E-state index is 13.5. The second kappa shape index (κ2) is 31.3. The molecule has 0 spiro atoms. The maximum Gasteiger partial charge on any atom is 0.406 e. The molecule has 108 heavy (non-hydrogen) atoms. The monoisotopic (exact) mass is 1530 g/mol. The largest absolute Gasteiger partial charge is 0.406 e. The van der Waals surface area contributed by atoms with Gasteiger partial charge in [0.05, 0.1) is 39.7 Å². The van der Waals surface area contributed by atoms with Crippen LogP contribution in [0.2, 0.25) is 0 Å². The molecule has 0 bridgehead atoms. The van der Waals surface area contributed by atoms with E-state index in [1.165, 1.54) is 52.0 Å². The van der Waals surface area contributed by atoms with Crippen LogP contribution in [0, 0.1) is 27.7 Å². The summed E-state index contributed by atoms with van der Waals surface area (Å²) in [7, 11) is 7.63. The molecule has 12 heterocycles. The molecule has 0 saturated carbocycles. The summed E-state index contributed by atoms with van der Waals surface area (Å²) in [4.78, 5) is 113. The van der Waals surface area contributed by atoms with E-state index in [-0.39, 0.29) is 59.1 Å². The number of fused-ring (bicyclic) bond motifs is 6. The van der Waals surface area contributed by atoms with E-state index in [1.54, 1.807) is 46.0 Å². The molecule has 3 aromatic carbocycles. The van der Waals surface area contributed by atoms with Crippen molar-refractivity contribution in [2.45, 2.75) is 92.6 Å². The van der Waals surface area contributed by atoms with Gasteiger partial charge in [-0.05, 0) is 154 Å². The fraction of sp³-hybridized carbons (Fsp3) is 0.392. The van der Waals surface area contributed by atoms with Gasteiger partial charge in [0.2, 0.25) is 23.8 Å². The summed E-state index contributed by atoms with van der Waals surface area (Å²) in [6.07, 6.45) is 2.75. The molecule has 34 heteroatoms. The zero-order valence-corrected chi connectivity index (χ0v) is 64.6. The molecule has 9 aromatic rings. The van der Waals surface area contributed by atoms with Gasteiger partial charge in [0.15, 0.2) is 34.5 Å². The SMILES string of the molecule is C=CC(=O)N1CCN(c2ccc(Nc3ncc4c(n3)N(C)c3sc(C)nc3C(=O)N4CC(F)(F)F)c(C)c2)CC1.Cc1nc2c(s1)N(C)c1nc(Nc3ccc(N4CCC(O)CC4)cc3)ncc1N(C(C)C)C2=O.Cc1nc2c(s1)N(C)c1nc(Nc3ccc(N4CCN(C)CC4)cc3)ncc1N(C(C)C)C2=O. The molecule has 6 aliphatic heterocycles. The number of carbonyl (C=O) groups excluding carboxylic acids is 4. The van der Waals surface area contributed by atoms with Crippen molar-refractivity contribution in [2.75, 3.05) is 160 Å². The number of amides is 4. The Kier molecular flexibility index (Phi) is 21.9. The third-order valence-electron chi connectivity index (χ3n) is 19.3. The van der Waals surface area contributed by atoms with Gasteiger partial charge < -0.3 is 60.3 Å². The zero-order chi connectivity index (χ0) is 76.7. The number of aliphatic hydroxyl groups is 1. The maximum absolute atomic E-state index is 13.5. The highest BCUT2D eigenvalue weighted by Crippen LogP contribution is 2.46. The molecule has 0 radical (unpaired) electrons. The van der Waals surface area contributed by atoms with Crippen LogP contribution >= 0.6 is 34.0 Å². The fourth-order valence-corrected chi connectivity index (χ4v) is 16.2. The highest BCUT2D eigenvalue weighted by Gasteiger charge is 2.42. The van der Waals surface area contributed by atoms with Crippen molar-refractivity contribution >= 4 is 159 Å². The number of nitrogens with one attached hydrogen (secondary N) is 3. The van der Waals surface area contributed by atoms with Crippen molar-refractivity contribution < 1.29 is 37.5 Å². The summed E-state index contributed by atoms with van der Waals surface area (Å²) in [6, 6.07) is 22.3. The Balaban J connectivity index is 0.000000143. The predicted molar refractivity (Wildman–Crippen MR) is 423 cm³/mol. The highest BCUT2D eigenvalue weighted by atomic mass is 32.1. The number of piperidine rings is 1. The fourth-order valence-electron chi connectivity index (χ4n) is 13.6. The van der Waals surface area contributed by atoms with E-state index in [9.17, 15) is 37.5 Å². The molecule has 28 nitrogen and oxygen atoms in total. The smallest absolute Gasteiger partial charge is 0.393 e. The number of thiazole rings is 3. The number of hydrogen-bond donors (Lipinski definition) is 4. The topological polar surface area (TPSA) is 276 Å². The molecule has 15 rings (SSSR count). The van der Waals surface area contributed by atoms with Gasteiger partial charge in [-0.3, -0.25) is 33.9 Å². The van der Waals surface area contributed by atoms with Crippen LogP contribution in [0.15, 0.2) is 98.0 Å². The molecule has 0 unspecified atom stereocenters. The number of anilines is 18. The van der Waals surface area contributed by atoms with E-state index in [0.29, 0.717) is 87.4 Å². The van der Waals surface area contributed by atoms with Gasteiger partial charge in [0.1, 0.15) is 38.6 Å². The molecule has 3 fully saturated rings. The van der Waals surface area contributed by atoms with Crippen molar-refractivity contribution in [3.05, 3.63) is 136 Å². The number of piperazine rings is 2. The number of aliphatic hydroxyl groups excluding tert-OH is 1. The van der Waals surface area contributed by atoms with Crippen molar-refractivity contribution in [3.8, 4) is 0 Å². The van der Waals surface area contributed by atoms with Crippen LogP contribution in [-0.2, 0) is 4.79 Å². The molecule has 3 saturated heterocycles. The van der Waals surface area contributed by atoms with Gasteiger partial charge in [-0.2, -0.15) is 28.1 Å². The van der Waals surface area contributed by atoms with Crippen molar-refractivity contribution in [3.63, 3.8) is 0 Å². The second-order valence-corrected chi connectivity index (χ2v) is 31.1. The normalized spacial score (nSPS) is 16.1. The van der Waals surface area contributed by atoms with Crippen molar-refractivity contribution in [2.24, 2.45) is 0 Å². The molecular formula is C74H86F3N23O5S3. The minimum Gasteiger partial charge on any atom is -0.393 e. The van der Waals surface area contributed by atoms with E-state index in [0.717, 1.165) is 106 Å². The lowest BCUT2D eigenvalue weighted by atomic mass is 10.1. The summed E-state index contributed by atoms with van der Waals surface area (Å²) >= 11 is 4.18. The van der Waals surface area contributed by atoms with Crippen LogP contribution in [0.25, 0.3) is 0 Å². The van der Waals surface area contributed by atoms with Crippen molar-refractivity contribution in [1.29, 1.82) is 0 Å². The van der Waals surface area contributed by atoms with E-state index in [1.807, 2.05) is 103 Å². The average Bonchev–Trinajstić information content (AvgIpc) is 1.61. The van der Waals surface area contributed by atoms with E-state index >= 15 is 0 Å². The minimum atomic E-state index is -4.63. The molecule has 0 atom stereocenters. The number of aryl methyl sites for hydroxylation is 4. The van der Waals surface area contributed by atoms with Crippen LogP contribution in [0.1, 0.15) is 92.6 Å². The summed E-state index contributed by atoms with van der Waals surface area (Å²) < 4.78 is 40.4. The Morgan fingerprint density at radius 2 is 0.926 bits per heavy atom. The van der Waals surface area contributed by atoms with Crippen LogP contribution in [0.5, 0.6) is 0 Å². The Bertz CT molecular complexity index is 4650. The molecule has 6 aromatic heterocycles. The summed E-state index contributed by atoms with van der Waals surface area (Å²) in [5.41, 5.74) is 8.94. The zero-order valence-electron chi connectivity index (χ0n) is 62.2. The number of aromatic nitrogens is 9. The first-order valence-electron chi connectivity index (χ1n) is 35.5.